The predicted octanol–water partition coefficient (Wildman–Crippen LogP) is 3.76. The van der Waals surface area contributed by atoms with Gasteiger partial charge >= 0.3 is 6.18 Å². The van der Waals surface area contributed by atoms with Crippen LogP contribution in [0.1, 0.15) is 29.9 Å². The Hall–Kier alpha value is -1.03. The molecule has 2 fully saturated rings. The first kappa shape index (κ1) is 13.0. The van der Waals surface area contributed by atoms with Crippen molar-refractivity contribution >= 4 is 0 Å². The van der Waals surface area contributed by atoms with E-state index in [0.717, 1.165) is 25.9 Å². The van der Waals surface area contributed by atoms with Gasteiger partial charge in [0.25, 0.3) is 0 Å². The summed E-state index contributed by atoms with van der Waals surface area (Å²) < 4.78 is 39.1. The van der Waals surface area contributed by atoms with Crippen LogP contribution in [0.3, 0.4) is 0 Å². The standard InChI is InChI=1S/C15H18F3N/c1-19-8-11-6-10(7-12(11)9-19)13-4-2-3-5-14(13)15(16,17)18/h2-5,10-12H,6-9H2,1H3/t10?,11-,12?/m1/s1. The van der Waals surface area contributed by atoms with E-state index >= 15 is 0 Å². The Labute approximate surface area is 111 Å². The van der Waals surface area contributed by atoms with Crippen LogP contribution in [0.2, 0.25) is 0 Å². The van der Waals surface area contributed by atoms with Crippen LogP contribution in [0.25, 0.3) is 0 Å². The maximum atomic E-state index is 13.0. The Morgan fingerprint density at radius 1 is 1.05 bits per heavy atom. The summed E-state index contributed by atoms with van der Waals surface area (Å²) in [6.07, 6.45) is -2.42. The van der Waals surface area contributed by atoms with E-state index in [1.807, 2.05) is 0 Å². The predicted molar refractivity (Wildman–Crippen MR) is 67.9 cm³/mol. The summed E-state index contributed by atoms with van der Waals surface area (Å²) in [6.45, 7) is 2.07. The average molecular weight is 269 g/mol. The second-order valence-corrected chi connectivity index (χ2v) is 5.99. The molecule has 19 heavy (non-hydrogen) atoms. The van der Waals surface area contributed by atoms with Crippen LogP contribution in [-0.4, -0.2) is 25.0 Å². The van der Waals surface area contributed by atoms with Gasteiger partial charge < -0.3 is 4.90 Å². The Kier molecular flexibility index (Phi) is 3.08. The summed E-state index contributed by atoms with van der Waals surface area (Å²) in [5.41, 5.74) is 0.0698. The Bertz CT molecular complexity index is 455. The van der Waals surface area contributed by atoms with Gasteiger partial charge in [-0.25, -0.2) is 0 Å². The van der Waals surface area contributed by atoms with Gasteiger partial charge in [0.2, 0.25) is 0 Å². The lowest BCUT2D eigenvalue weighted by Crippen LogP contribution is -2.17. The number of fused-ring (bicyclic) bond motifs is 1. The van der Waals surface area contributed by atoms with Gasteiger partial charge in [-0.15, -0.1) is 0 Å². The molecular weight excluding hydrogens is 251 g/mol. The minimum Gasteiger partial charge on any atom is -0.306 e. The topological polar surface area (TPSA) is 3.24 Å². The molecule has 1 aromatic rings. The lowest BCUT2D eigenvalue weighted by molar-refractivity contribution is -0.138. The average Bonchev–Trinajstić information content (AvgIpc) is 2.85. The smallest absolute Gasteiger partial charge is 0.306 e. The van der Waals surface area contributed by atoms with Crippen LogP contribution in [0.4, 0.5) is 13.2 Å². The van der Waals surface area contributed by atoms with E-state index in [9.17, 15) is 13.2 Å². The molecule has 4 heteroatoms. The number of likely N-dealkylation sites (tertiary alicyclic amines) is 1. The van der Waals surface area contributed by atoms with Crippen LogP contribution < -0.4 is 0 Å². The SMILES string of the molecule is CN1CC2CC(c3ccccc3C(F)(F)F)C[C@@H]2C1. The molecule has 1 aliphatic carbocycles. The Morgan fingerprint density at radius 3 is 2.21 bits per heavy atom. The summed E-state index contributed by atoms with van der Waals surface area (Å²) in [5, 5.41) is 0. The number of benzene rings is 1. The van der Waals surface area contributed by atoms with Crippen molar-refractivity contribution in [3.05, 3.63) is 35.4 Å². The summed E-state index contributed by atoms with van der Waals surface area (Å²) in [6, 6.07) is 6.09. The fourth-order valence-electron chi connectivity index (χ4n) is 3.90. The number of rotatable bonds is 1. The zero-order chi connectivity index (χ0) is 13.6. The van der Waals surface area contributed by atoms with Gasteiger partial charge in [0, 0.05) is 13.1 Å². The molecule has 3 atom stereocenters. The van der Waals surface area contributed by atoms with E-state index < -0.39 is 11.7 Å². The molecule has 0 N–H and O–H groups in total. The Balaban J connectivity index is 1.85. The number of hydrogen-bond donors (Lipinski definition) is 0. The molecule has 2 unspecified atom stereocenters. The molecule has 0 amide bonds. The third-order valence-electron chi connectivity index (χ3n) is 4.64. The fraction of sp³-hybridized carbons (Fsp3) is 0.600. The van der Waals surface area contributed by atoms with Crippen LogP contribution in [0, 0.1) is 11.8 Å². The molecular formula is C15H18F3N. The van der Waals surface area contributed by atoms with Gasteiger partial charge in [0.05, 0.1) is 5.56 Å². The van der Waals surface area contributed by atoms with Gasteiger partial charge in [-0.1, -0.05) is 18.2 Å². The molecule has 1 aliphatic heterocycles. The first-order chi connectivity index (χ1) is 8.95. The minimum atomic E-state index is -4.23. The van der Waals surface area contributed by atoms with Gasteiger partial charge in [0.15, 0.2) is 0 Å². The summed E-state index contributed by atoms with van der Waals surface area (Å²) in [5.74, 6) is 1.24. The highest BCUT2D eigenvalue weighted by Crippen LogP contribution is 2.48. The van der Waals surface area contributed by atoms with E-state index in [4.69, 9.17) is 0 Å². The van der Waals surface area contributed by atoms with Gasteiger partial charge in [-0.3, -0.25) is 0 Å². The largest absolute Gasteiger partial charge is 0.416 e. The first-order valence-corrected chi connectivity index (χ1v) is 6.80. The monoisotopic (exact) mass is 269 g/mol. The molecule has 104 valence electrons. The van der Waals surface area contributed by atoms with Crippen LogP contribution in [0.15, 0.2) is 24.3 Å². The maximum absolute atomic E-state index is 13.0. The van der Waals surface area contributed by atoms with Crippen molar-refractivity contribution in [3.8, 4) is 0 Å². The van der Waals surface area contributed by atoms with E-state index in [-0.39, 0.29) is 5.92 Å². The summed E-state index contributed by atoms with van der Waals surface area (Å²) >= 11 is 0. The molecule has 0 aromatic heterocycles. The van der Waals surface area contributed by atoms with Crippen molar-refractivity contribution < 1.29 is 13.2 Å². The molecule has 0 radical (unpaired) electrons. The van der Waals surface area contributed by atoms with E-state index in [1.165, 1.54) is 12.1 Å². The molecule has 1 aromatic carbocycles. The molecule has 3 rings (SSSR count). The van der Waals surface area contributed by atoms with Crippen molar-refractivity contribution in [2.75, 3.05) is 20.1 Å². The maximum Gasteiger partial charge on any atom is 0.416 e. The normalized spacial score (nSPS) is 31.7. The lowest BCUT2D eigenvalue weighted by Gasteiger charge is -2.19. The van der Waals surface area contributed by atoms with E-state index in [1.54, 1.807) is 12.1 Å². The Morgan fingerprint density at radius 2 is 1.63 bits per heavy atom. The van der Waals surface area contributed by atoms with Crippen molar-refractivity contribution in [1.82, 2.24) is 4.90 Å². The number of hydrogen-bond acceptors (Lipinski definition) is 1. The van der Waals surface area contributed by atoms with Crippen molar-refractivity contribution in [2.24, 2.45) is 11.8 Å². The van der Waals surface area contributed by atoms with Crippen molar-refractivity contribution in [2.45, 2.75) is 24.9 Å². The molecule has 1 saturated carbocycles. The third kappa shape index (κ3) is 2.38. The van der Waals surface area contributed by atoms with Gasteiger partial charge in [-0.05, 0) is 49.3 Å². The van der Waals surface area contributed by atoms with Gasteiger partial charge in [-0.2, -0.15) is 13.2 Å². The number of alkyl halides is 3. The first-order valence-electron chi connectivity index (χ1n) is 6.80. The number of nitrogens with zero attached hydrogens (tertiary/aromatic N) is 1. The minimum absolute atomic E-state index is 0.0847. The molecule has 1 heterocycles. The lowest BCUT2D eigenvalue weighted by atomic mass is 9.91. The molecule has 1 saturated heterocycles. The van der Waals surface area contributed by atoms with Gasteiger partial charge in [0.1, 0.15) is 0 Å². The zero-order valence-electron chi connectivity index (χ0n) is 11.0. The molecule has 0 bridgehead atoms. The van der Waals surface area contributed by atoms with E-state index in [0.29, 0.717) is 17.4 Å². The highest BCUT2D eigenvalue weighted by Gasteiger charge is 2.43. The summed E-state index contributed by atoms with van der Waals surface area (Å²) in [4.78, 5) is 2.29. The zero-order valence-corrected chi connectivity index (χ0v) is 11.0. The third-order valence-corrected chi connectivity index (χ3v) is 4.64. The van der Waals surface area contributed by atoms with Crippen molar-refractivity contribution in [1.29, 1.82) is 0 Å². The second-order valence-electron chi connectivity index (χ2n) is 5.99. The fourth-order valence-corrected chi connectivity index (χ4v) is 3.90. The molecule has 0 spiro atoms. The summed E-state index contributed by atoms with van der Waals surface area (Å²) in [7, 11) is 2.09. The van der Waals surface area contributed by atoms with Crippen LogP contribution in [0.5, 0.6) is 0 Å². The second kappa shape index (κ2) is 4.51. The molecule has 2 aliphatic rings. The highest BCUT2D eigenvalue weighted by molar-refractivity contribution is 5.33. The highest BCUT2D eigenvalue weighted by atomic mass is 19.4. The van der Waals surface area contributed by atoms with Crippen LogP contribution in [-0.2, 0) is 6.18 Å². The van der Waals surface area contributed by atoms with Crippen molar-refractivity contribution in [3.63, 3.8) is 0 Å². The van der Waals surface area contributed by atoms with E-state index in [2.05, 4.69) is 11.9 Å². The molecule has 1 nitrogen and oxygen atoms in total. The quantitative estimate of drug-likeness (QED) is 0.750. The van der Waals surface area contributed by atoms with Crippen LogP contribution >= 0.6 is 0 Å². The number of halogens is 3.